The van der Waals surface area contributed by atoms with E-state index < -0.39 is 21.8 Å². The molecule has 0 radical (unpaired) electrons. The standard InChI is InChI=1S/C19H17F3N2O2S/c1-13-6-11-18(16-4-2-3-5-17(16)19(20,21)22)24(13)27(25,26)15-9-7-14(12-23)8-10-15/h2-11H,12,23H2,1H3. The number of aromatic nitrogens is 1. The van der Waals surface area contributed by atoms with Crippen molar-refractivity contribution in [3.05, 3.63) is 77.5 Å². The fraction of sp³-hybridized carbons (Fsp3) is 0.158. The van der Waals surface area contributed by atoms with E-state index in [1.165, 1.54) is 49.4 Å². The number of aryl methyl sites for hydroxylation is 1. The SMILES string of the molecule is Cc1ccc(-c2ccccc2C(F)(F)F)n1S(=O)(=O)c1ccc(CN)cc1. The Hall–Kier alpha value is -2.58. The molecule has 0 unspecified atom stereocenters. The summed E-state index contributed by atoms with van der Waals surface area (Å²) >= 11 is 0. The van der Waals surface area contributed by atoms with E-state index >= 15 is 0 Å². The maximum absolute atomic E-state index is 13.4. The van der Waals surface area contributed by atoms with Gasteiger partial charge in [-0.3, -0.25) is 0 Å². The van der Waals surface area contributed by atoms with E-state index in [4.69, 9.17) is 5.73 Å². The highest BCUT2D eigenvalue weighted by Gasteiger charge is 2.35. The number of nitrogens with two attached hydrogens (primary N) is 1. The van der Waals surface area contributed by atoms with Gasteiger partial charge in [0.2, 0.25) is 0 Å². The van der Waals surface area contributed by atoms with E-state index in [1.54, 1.807) is 12.1 Å². The predicted octanol–water partition coefficient (Wildman–Crippen LogP) is 4.18. The van der Waals surface area contributed by atoms with Gasteiger partial charge in [-0.2, -0.15) is 13.2 Å². The van der Waals surface area contributed by atoms with Gasteiger partial charge in [-0.25, -0.2) is 12.4 Å². The van der Waals surface area contributed by atoms with Gasteiger partial charge in [0.05, 0.1) is 16.2 Å². The Kier molecular flexibility index (Phi) is 4.88. The van der Waals surface area contributed by atoms with E-state index in [9.17, 15) is 21.6 Å². The molecule has 0 saturated heterocycles. The van der Waals surface area contributed by atoms with Gasteiger partial charge < -0.3 is 5.73 Å². The van der Waals surface area contributed by atoms with Gasteiger partial charge in [-0.15, -0.1) is 0 Å². The summed E-state index contributed by atoms with van der Waals surface area (Å²) in [5, 5.41) is 0. The Labute approximate surface area is 155 Å². The van der Waals surface area contributed by atoms with Crippen molar-refractivity contribution >= 4 is 10.0 Å². The molecule has 1 aromatic heterocycles. The molecule has 2 N–H and O–H groups in total. The number of benzene rings is 2. The highest BCUT2D eigenvalue weighted by molar-refractivity contribution is 7.90. The van der Waals surface area contributed by atoms with Gasteiger partial charge in [0, 0.05) is 17.8 Å². The molecule has 0 aliphatic carbocycles. The normalized spacial score (nSPS) is 12.3. The van der Waals surface area contributed by atoms with Crippen LogP contribution in [0.4, 0.5) is 13.2 Å². The van der Waals surface area contributed by atoms with Crippen LogP contribution in [0.3, 0.4) is 0 Å². The zero-order valence-electron chi connectivity index (χ0n) is 14.4. The van der Waals surface area contributed by atoms with Crippen LogP contribution in [0.25, 0.3) is 11.3 Å². The van der Waals surface area contributed by atoms with Gasteiger partial charge in [0.1, 0.15) is 0 Å². The molecule has 3 rings (SSSR count). The molecule has 142 valence electrons. The number of alkyl halides is 3. The van der Waals surface area contributed by atoms with Crippen molar-refractivity contribution < 1.29 is 21.6 Å². The smallest absolute Gasteiger partial charge is 0.326 e. The Morgan fingerprint density at radius 3 is 2.19 bits per heavy atom. The average Bonchev–Trinajstić information content (AvgIpc) is 3.03. The third kappa shape index (κ3) is 3.50. The van der Waals surface area contributed by atoms with Crippen LogP contribution in [-0.4, -0.2) is 12.4 Å². The second-order valence-corrected chi connectivity index (χ2v) is 7.81. The molecule has 0 atom stereocenters. The first kappa shape index (κ1) is 19.2. The first-order valence-electron chi connectivity index (χ1n) is 8.06. The zero-order chi connectivity index (χ0) is 19.8. The van der Waals surface area contributed by atoms with Crippen molar-refractivity contribution in [2.75, 3.05) is 0 Å². The Morgan fingerprint density at radius 1 is 0.963 bits per heavy atom. The molecule has 4 nitrogen and oxygen atoms in total. The van der Waals surface area contributed by atoms with Crippen LogP contribution in [0, 0.1) is 6.92 Å². The van der Waals surface area contributed by atoms with Gasteiger partial charge >= 0.3 is 6.18 Å². The fourth-order valence-corrected chi connectivity index (χ4v) is 4.45. The monoisotopic (exact) mass is 394 g/mol. The lowest BCUT2D eigenvalue weighted by molar-refractivity contribution is -0.137. The number of rotatable bonds is 4. The summed E-state index contributed by atoms with van der Waals surface area (Å²) in [6.45, 7) is 1.79. The van der Waals surface area contributed by atoms with Crippen LogP contribution in [0.2, 0.25) is 0 Å². The maximum Gasteiger partial charge on any atom is 0.417 e. The summed E-state index contributed by atoms with van der Waals surface area (Å²) in [5.41, 5.74) is 5.46. The van der Waals surface area contributed by atoms with Crippen LogP contribution in [0.5, 0.6) is 0 Å². The molecule has 0 aliphatic rings. The minimum atomic E-state index is -4.61. The molecule has 0 saturated carbocycles. The minimum absolute atomic E-state index is 0.0234. The fourth-order valence-electron chi connectivity index (χ4n) is 2.90. The molecule has 0 bridgehead atoms. The second kappa shape index (κ2) is 6.86. The summed E-state index contributed by atoms with van der Waals surface area (Å²) in [5.74, 6) is 0. The van der Waals surface area contributed by atoms with E-state index in [0.717, 1.165) is 15.6 Å². The number of halogens is 3. The quantitative estimate of drug-likeness (QED) is 0.722. The molecule has 0 amide bonds. The van der Waals surface area contributed by atoms with Crippen molar-refractivity contribution in [2.24, 2.45) is 5.73 Å². The lowest BCUT2D eigenvalue weighted by Crippen LogP contribution is -2.17. The lowest BCUT2D eigenvalue weighted by atomic mass is 10.0. The molecule has 27 heavy (non-hydrogen) atoms. The summed E-state index contributed by atoms with van der Waals surface area (Å²) in [7, 11) is -4.08. The first-order chi connectivity index (χ1) is 12.7. The number of nitrogens with zero attached hydrogens (tertiary/aromatic N) is 1. The Bertz CT molecular complexity index is 1070. The van der Waals surface area contributed by atoms with E-state index in [-0.39, 0.29) is 22.7 Å². The predicted molar refractivity (Wildman–Crippen MR) is 96.5 cm³/mol. The highest BCUT2D eigenvalue weighted by Crippen LogP contribution is 2.38. The van der Waals surface area contributed by atoms with E-state index in [0.29, 0.717) is 5.69 Å². The average molecular weight is 394 g/mol. The van der Waals surface area contributed by atoms with Crippen molar-refractivity contribution in [3.63, 3.8) is 0 Å². The molecule has 0 spiro atoms. The van der Waals surface area contributed by atoms with Gasteiger partial charge in [-0.05, 0) is 42.8 Å². The van der Waals surface area contributed by atoms with Gasteiger partial charge in [-0.1, -0.05) is 30.3 Å². The van der Waals surface area contributed by atoms with Crippen molar-refractivity contribution in [1.82, 2.24) is 3.97 Å². The van der Waals surface area contributed by atoms with E-state index in [1.807, 2.05) is 0 Å². The molecule has 0 aliphatic heterocycles. The number of hydrogen-bond donors (Lipinski definition) is 1. The van der Waals surface area contributed by atoms with Gasteiger partial charge in [0.25, 0.3) is 10.0 Å². The molecular weight excluding hydrogens is 377 g/mol. The molecule has 3 aromatic rings. The molecule has 0 fully saturated rings. The van der Waals surface area contributed by atoms with Crippen LogP contribution in [0.15, 0.2) is 65.6 Å². The Morgan fingerprint density at radius 2 is 1.59 bits per heavy atom. The minimum Gasteiger partial charge on any atom is -0.326 e. The molecular formula is C19H17F3N2O2S. The molecule has 8 heteroatoms. The number of hydrogen-bond acceptors (Lipinski definition) is 3. The van der Waals surface area contributed by atoms with Crippen molar-refractivity contribution in [3.8, 4) is 11.3 Å². The Balaban J connectivity index is 2.22. The third-order valence-corrected chi connectivity index (χ3v) is 6.06. The van der Waals surface area contributed by atoms with Crippen molar-refractivity contribution in [1.29, 1.82) is 0 Å². The summed E-state index contributed by atoms with van der Waals surface area (Å²) in [6.07, 6.45) is -4.61. The van der Waals surface area contributed by atoms with Crippen LogP contribution in [-0.2, 0) is 22.7 Å². The maximum atomic E-state index is 13.4. The van der Waals surface area contributed by atoms with E-state index in [2.05, 4.69) is 0 Å². The van der Waals surface area contributed by atoms with Crippen LogP contribution < -0.4 is 5.73 Å². The van der Waals surface area contributed by atoms with Gasteiger partial charge in [0.15, 0.2) is 0 Å². The summed E-state index contributed by atoms with van der Waals surface area (Å²) in [4.78, 5) is -0.0234. The summed E-state index contributed by atoms with van der Waals surface area (Å²) < 4.78 is 67.4. The molecule has 2 aromatic carbocycles. The van der Waals surface area contributed by atoms with Crippen LogP contribution in [0.1, 0.15) is 16.8 Å². The third-order valence-electron chi connectivity index (χ3n) is 4.23. The zero-order valence-corrected chi connectivity index (χ0v) is 15.2. The lowest BCUT2D eigenvalue weighted by Gasteiger charge is -2.17. The molecule has 1 heterocycles. The van der Waals surface area contributed by atoms with Crippen molar-refractivity contribution in [2.45, 2.75) is 24.5 Å². The topological polar surface area (TPSA) is 65.1 Å². The second-order valence-electron chi connectivity index (χ2n) is 6.02. The highest BCUT2D eigenvalue weighted by atomic mass is 32.2. The largest absolute Gasteiger partial charge is 0.417 e. The first-order valence-corrected chi connectivity index (χ1v) is 9.50. The summed E-state index contributed by atoms with van der Waals surface area (Å²) in [6, 6.07) is 13.7. The van der Waals surface area contributed by atoms with Crippen LogP contribution >= 0.6 is 0 Å².